The van der Waals surface area contributed by atoms with Crippen LogP contribution in [0.15, 0.2) is 91.0 Å². The lowest BCUT2D eigenvalue weighted by molar-refractivity contribution is 0.866. The van der Waals surface area contributed by atoms with E-state index in [9.17, 15) is 0 Å². The molecule has 3 aromatic rings. The molecular weight excluding hydrogens is 292 g/mol. The lowest BCUT2D eigenvalue weighted by Crippen LogP contribution is -2.21. The van der Waals surface area contributed by atoms with Gasteiger partial charge in [0.1, 0.15) is 0 Å². The van der Waals surface area contributed by atoms with Crippen LogP contribution in [0.1, 0.15) is 13.8 Å². The Morgan fingerprint density at radius 2 is 0.958 bits per heavy atom. The molecule has 0 bridgehead atoms. The largest absolute Gasteiger partial charge is 0.372 e. The van der Waals surface area contributed by atoms with Crippen molar-refractivity contribution in [2.75, 3.05) is 23.3 Å². The summed E-state index contributed by atoms with van der Waals surface area (Å²) in [5.41, 5.74) is 3.56. The smallest absolute Gasteiger partial charge is 0.0384 e. The van der Waals surface area contributed by atoms with E-state index in [1.54, 1.807) is 0 Å². The van der Waals surface area contributed by atoms with Crippen LogP contribution < -0.4 is 10.2 Å². The summed E-state index contributed by atoms with van der Waals surface area (Å²) in [7, 11) is 0. The van der Waals surface area contributed by atoms with Crippen molar-refractivity contribution in [1.29, 1.82) is 0 Å². The average molecular weight is 318 g/mol. The zero-order valence-electron chi connectivity index (χ0n) is 14.5. The third kappa shape index (κ3) is 5.81. The number of hydrogen-bond acceptors (Lipinski definition) is 2. The van der Waals surface area contributed by atoms with Crippen molar-refractivity contribution in [3.05, 3.63) is 91.0 Å². The highest BCUT2D eigenvalue weighted by Crippen LogP contribution is 2.14. The van der Waals surface area contributed by atoms with Crippen molar-refractivity contribution in [2.24, 2.45) is 0 Å². The maximum Gasteiger partial charge on any atom is 0.0384 e. The van der Waals surface area contributed by atoms with Gasteiger partial charge in [-0.2, -0.15) is 0 Å². The highest BCUT2D eigenvalue weighted by atomic mass is 15.1. The number of para-hydroxylation sites is 3. The molecule has 0 heterocycles. The molecule has 2 heteroatoms. The average Bonchev–Trinajstić information content (AvgIpc) is 2.66. The molecule has 0 radical (unpaired) electrons. The molecule has 0 saturated heterocycles. The first-order valence-corrected chi connectivity index (χ1v) is 8.50. The number of nitrogens with one attached hydrogen (secondary N) is 1. The van der Waals surface area contributed by atoms with Crippen LogP contribution in [0.4, 0.5) is 17.1 Å². The number of benzene rings is 3. The number of anilines is 3. The Bertz CT molecular complexity index is 625. The van der Waals surface area contributed by atoms with Crippen molar-refractivity contribution in [3.8, 4) is 0 Å². The van der Waals surface area contributed by atoms with Gasteiger partial charge in [0.25, 0.3) is 0 Å². The second kappa shape index (κ2) is 10.1. The van der Waals surface area contributed by atoms with Gasteiger partial charge in [0.15, 0.2) is 0 Å². The van der Waals surface area contributed by atoms with Crippen LogP contribution in [-0.2, 0) is 0 Å². The Labute approximate surface area is 145 Å². The van der Waals surface area contributed by atoms with Gasteiger partial charge in [0.2, 0.25) is 0 Å². The molecule has 0 unspecified atom stereocenters. The topological polar surface area (TPSA) is 15.3 Å². The molecule has 0 aliphatic heterocycles. The van der Waals surface area contributed by atoms with Crippen LogP contribution >= 0.6 is 0 Å². The molecule has 3 aromatic carbocycles. The lowest BCUT2D eigenvalue weighted by atomic mass is 10.3. The van der Waals surface area contributed by atoms with Crippen LogP contribution in [0.5, 0.6) is 0 Å². The van der Waals surface area contributed by atoms with Gasteiger partial charge in [-0.3, -0.25) is 0 Å². The predicted molar refractivity (Wildman–Crippen MR) is 106 cm³/mol. The molecular formula is C22H26N2. The van der Waals surface area contributed by atoms with Gasteiger partial charge in [-0.25, -0.2) is 0 Å². The molecule has 0 fully saturated rings. The quantitative estimate of drug-likeness (QED) is 0.624. The Hall–Kier alpha value is -2.74. The third-order valence-electron chi connectivity index (χ3n) is 3.72. The molecule has 0 aromatic heterocycles. The minimum absolute atomic E-state index is 1.08. The summed E-state index contributed by atoms with van der Waals surface area (Å²) < 4.78 is 0. The van der Waals surface area contributed by atoms with Gasteiger partial charge in [-0.1, -0.05) is 54.6 Å². The second-order valence-electron chi connectivity index (χ2n) is 5.36. The Morgan fingerprint density at radius 3 is 1.33 bits per heavy atom. The predicted octanol–water partition coefficient (Wildman–Crippen LogP) is 5.96. The molecule has 0 saturated carbocycles. The Kier molecular flexibility index (Phi) is 7.42. The summed E-state index contributed by atoms with van der Waals surface area (Å²) in [5.74, 6) is 0. The van der Waals surface area contributed by atoms with E-state index in [-0.39, 0.29) is 0 Å². The summed E-state index contributed by atoms with van der Waals surface area (Å²) in [6.45, 7) is 6.52. The highest BCUT2D eigenvalue weighted by Gasteiger charge is 1.97. The van der Waals surface area contributed by atoms with Crippen LogP contribution in [0.25, 0.3) is 0 Å². The summed E-state index contributed by atoms with van der Waals surface area (Å²) in [4.78, 5) is 2.33. The Balaban J connectivity index is 0.000000177. The zero-order valence-corrected chi connectivity index (χ0v) is 14.5. The second-order valence-corrected chi connectivity index (χ2v) is 5.36. The highest BCUT2D eigenvalue weighted by molar-refractivity contribution is 5.58. The standard InChI is InChI=1S/C12H11N.C10H15N/c1-3-7-11(8-4-1)13-12-9-5-2-6-10-12;1-3-11(4-2)10-8-6-5-7-9-10/h1-10,13H;5-9H,3-4H2,1-2H3. The lowest BCUT2D eigenvalue weighted by Gasteiger charge is -2.20. The minimum atomic E-state index is 1.08. The van der Waals surface area contributed by atoms with E-state index in [1.807, 2.05) is 66.7 Å². The first-order chi connectivity index (χ1) is 11.8. The summed E-state index contributed by atoms with van der Waals surface area (Å²) in [6, 6.07) is 30.8. The van der Waals surface area contributed by atoms with Crippen molar-refractivity contribution in [2.45, 2.75) is 13.8 Å². The zero-order chi connectivity index (χ0) is 17.0. The number of hydrogen-bond donors (Lipinski definition) is 1. The van der Waals surface area contributed by atoms with E-state index in [4.69, 9.17) is 0 Å². The molecule has 0 aliphatic rings. The SMILES string of the molecule is CCN(CC)c1ccccc1.c1ccc(Nc2ccccc2)cc1. The Morgan fingerprint density at radius 1 is 0.583 bits per heavy atom. The van der Waals surface area contributed by atoms with Crippen LogP contribution in [0.3, 0.4) is 0 Å². The minimum Gasteiger partial charge on any atom is -0.372 e. The van der Waals surface area contributed by atoms with Gasteiger partial charge in [-0.05, 0) is 50.2 Å². The number of rotatable bonds is 5. The van der Waals surface area contributed by atoms with E-state index in [0.29, 0.717) is 0 Å². The van der Waals surface area contributed by atoms with Crippen LogP contribution in [0, 0.1) is 0 Å². The van der Waals surface area contributed by atoms with E-state index >= 15 is 0 Å². The van der Waals surface area contributed by atoms with E-state index < -0.39 is 0 Å². The molecule has 2 nitrogen and oxygen atoms in total. The normalized spacial score (nSPS) is 9.58. The maximum atomic E-state index is 3.30. The molecule has 0 amide bonds. The van der Waals surface area contributed by atoms with Crippen LogP contribution in [-0.4, -0.2) is 13.1 Å². The van der Waals surface area contributed by atoms with Gasteiger partial charge in [0.05, 0.1) is 0 Å². The molecule has 124 valence electrons. The van der Waals surface area contributed by atoms with E-state index in [1.165, 1.54) is 5.69 Å². The molecule has 1 N–H and O–H groups in total. The van der Waals surface area contributed by atoms with Gasteiger partial charge in [0, 0.05) is 30.2 Å². The van der Waals surface area contributed by atoms with E-state index in [0.717, 1.165) is 24.5 Å². The fourth-order valence-corrected chi connectivity index (χ4v) is 2.44. The van der Waals surface area contributed by atoms with Gasteiger partial charge < -0.3 is 10.2 Å². The van der Waals surface area contributed by atoms with Gasteiger partial charge >= 0.3 is 0 Å². The molecule has 0 atom stereocenters. The van der Waals surface area contributed by atoms with Crippen molar-refractivity contribution >= 4 is 17.1 Å². The first kappa shape index (κ1) is 17.6. The fourth-order valence-electron chi connectivity index (χ4n) is 2.44. The third-order valence-corrected chi connectivity index (χ3v) is 3.72. The fraction of sp³-hybridized carbons (Fsp3) is 0.182. The summed E-state index contributed by atoms with van der Waals surface area (Å²) in [5, 5.41) is 3.30. The van der Waals surface area contributed by atoms with Crippen molar-refractivity contribution in [1.82, 2.24) is 0 Å². The van der Waals surface area contributed by atoms with Crippen molar-refractivity contribution < 1.29 is 0 Å². The molecule has 24 heavy (non-hydrogen) atoms. The summed E-state index contributed by atoms with van der Waals surface area (Å²) in [6.07, 6.45) is 0. The molecule has 3 rings (SSSR count). The van der Waals surface area contributed by atoms with Crippen molar-refractivity contribution in [3.63, 3.8) is 0 Å². The van der Waals surface area contributed by atoms with E-state index in [2.05, 4.69) is 48.3 Å². The molecule has 0 spiro atoms. The number of nitrogens with zero attached hydrogens (tertiary/aromatic N) is 1. The van der Waals surface area contributed by atoms with Gasteiger partial charge in [-0.15, -0.1) is 0 Å². The molecule has 0 aliphatic carbocycles. The van der Waals surface area contributed by atoms with Crippen LogP contribution in [0.2, 0.25) is 0 Å². The summed E-state index contributed by atoms with van der Waals surface area (Å²) >= 11 is 0. The monoisotopic (exact) mass is 318 g/mol. The maximum absolute atomic E-state index is 3.30. The first-order valence-electron chi connectivity index (χ1n) is 8.50.